The number of nitrogens with one attached hydrogen (secondary N) is 1. The molecule has 0 spiro atoms. The van der Waals surface area contributed by atoms with Gasteiger partial charge in [-0.25, -0.2) is 9.67 Å². The molecule has 3 aromatic heterocycles. The molecule has 41 heavy (non-hydrogen) atoms. The molecule has 0 radical (unpaired) electrons. The summed E-state index contributed by atoms with van der Waals surface area (Å²) in [5.74, 6) is 1.38. The summed E-state index contributed by atoms with van der Waals surface area (Å²) in [6.45, 7) is 5.65. The Morgan fingerprint density at radius 2 is 1.78 bits per heavy atom. The molecule has 0 aliphatic rings. The van der Waals surface area contributed by atoms with Gasteiger partial charge in [-0.1, -0.05) is 32.0 Å². The number of rotatable bonds is 9. The molecule has 0 fully saturated rings. The molecule has 5 rings (SSSR count). The summed E-state index contributed by atoms with van der Waals surface area (Å²) in [6.07, 6.45) is 2.43. The maximum atomic E-state index is 13.5. The van der Waals surface area contributed by atoms with E-state index in [1.54, 1.807) is 55.2 Å². The predicted octanol–water partition coefficient (Wildman–Crippen LogP) is 4.96. The molecule has 10 nitrogen and oxygen atoms in total. The number of amides is 1. The smallest absolute Gasteiger partial charge is 0.284 e. The zero-order valence-corrected chi connectivity index (χ0v) is 23.2. The number of ether oxygens (including phenoxy) is 2. The van der Waals surface area contributed by atoms with Crippen LogP contribution >= 0.6 is 0 Å². The maximum Gasteiger partial charge on any atom is 0.284 e. The molecule has 0 aliphatic carbocycles. The van der Waals surface area contributed by atoms with Crippen molar-refractivity contribution < 1.29 is 19.4 Å². The summed E-state index contributed by atoms with van der Waals surface area (Å²) in [7, 11) is 1.60. The molecule has 5 aromatic rings. The Labute approximate surface area is 236 Å². The number of pyridine rings is 2. The molecular weight excluding hydrogens is 522 g/mol. The van der Waals surface area contributed by atoms with Crippen LogP contribution in [0.25, 0.3) is 16.6 Å². The predicted molar refractivity (Wildman–Crippen MR) is 156 cm³/mol. The number of benzene rings is 2. The summed E-state index contributed by atoms with van der Waals surface area (Å²) < 4.78 is 14.4. The molecule has 1 atom stereocenters. The van der Waals surface area contributed by atoms with E-state index in [-0.39, 0.29) is 23.8 Å². The van der Waals surface area contributed by atoms with Crippen molar-refractivity contribution >= 4 is 22.6 Å². The first-order valence-electron chi connectivity index (χ1n) is 13.2. The third-order valence-corrected chi connectivity index (χ3v) is 6.87. The Morgan fingerprint density at radius 3 is 2.46 bits per heavy atom. The highest BCUT2D eigenvalue weighted by molar-refractivity contribution is 6.04. The number of hydrogen-bond donors (Lipinski definition) is 2. The molecule has 1 amide bonds. The van der Waals surface area contributed by atoms with E-state index < -0.39 is 17.6 Å². The summed E-state index contributed by atoms with van der Waals surface area (Å²) in [4.78, 5) is 35.6. The van der Waals surface area contributed by atoms with Crippen molar-refractivity contribution in [2.45, 2.75) is 33.4 Å². The largest absolute Gasteiger partial charge is 0.497 e. The van der Waals surface area contributed by atoms with Crippen LogP contribution in [0.1, 0.15) is 29.9 Å². The second kappa shape index (κ2) is 11.6. The third kappa shape index (κ3) is 5.68. The number of carbonyl (C=O) groups excluding carboxylic acids is 1. The van der Waals surface area contributed by atoms with Crippen LogP contribution in [0, 0.1) is 12.8 Å². The second-order valence-electron chi connectivity index (χ2n) is 9.93. The summed E-state index contributed by atoms with van der Waals surface area (Å²) in [6, 6.07) is 19.6. The Morgan fingerprint density at radius 1 is 1.02 bits per heavy atom. The number of fused-ring (bicyclic) bond motifs is 1. The van der Waals surface area contributed by atoms with E-state index in [4.69, 9.17) is 9.47 Å². The number of para-hydroxylation sites is 1. The van der Waals surface area contributed by atoms with Crippen LogP contribution in [0.5, 0.6) is 17.2 Å². The van der Waals surface area contributed by atoms with Gasteiger partial charge in [0.1, 0.15) is 28.6 Å². The van der Waals surface area contributed by atoms with Gasteiger partial charge in [-0.05, 0) is 55.3 Å². The first kappa shape index (κ1) is 27.6. The van der Waals surface area contributed by atoms with Gasteiger partial charge >= 0.3 is 0 Å². The van der Waals surface area contributed by atoms with Crippen LogP contribution in [-0.4, -0.2) is 43.6 Å². The van der Waals surface area contributed by atoms with Gasteiger partial charge in [0.2, 0.25) is 0 Å². The van der Waals surface area contributed by atoms with Gasteiger partial charge in [0, 0.05) is 17.6 Å². The minimum absolute atomic E-state index is 0.0226. The fraction of sp³-hybridized carbons (Fsp3) is 0.226. The number of anilines is 1. The van der Waals surface area contributed by atoms with Gasteiger partial charge < -0.3 is 19.9 Å². The highest BCUT2D eigenvalue weighted by Gasteiger charge is 2.26. The van der Waals surface area contributed by atoms with Crippen molar-refractivity contribution in [2.24, 2.45) is 5.92 Å². The van der Waals surface area contributed by atoms with Gasteiger partial charge in [-0.15, -0.1) is 0 Å². The molecule has 1 unspecified atom stereocenters. The van der Waals surface area contributed by atoms with Crippen LogP contribution < -0.4 is 20.3 Å². The van der Waals surface area contributed by atoms with Crippen LogP contribution in [0.15, 0.2) is 83.9 Å². The lowest BCUT2D eigenvalue weighted by Gasteiger charge is -2.19. The first-order valence-corrected chi connectivity index (χ1v) is 13.2. The van der Waals surface area contributed by atoms with Crippen molar-refractivity contribution in [2.75, 3.05) is 12.4 Å². The van der Waals surface area contributed by atoms with E-state index in [0.29, 0.717) is 28.6 Å². The Hall–Kier alpha value is -4.96. The molecular formula is C31H31N5O5. The van der Waals surface area contributed by atoms with Crippen LogP contribution in [0.4, 0.5) is 5.82 Å². The van der Waals surface area contributed by atoms with E-state index in [1.807, 2.05) is 50.2 Å². The number of carbonyl (C=O) groups is 1. The monoisotopic (exact) mass is 553 g/mol. The van der Waals surface area contributed by atoms with E-state index in [0.717, 1.165) is 10.9 Å². The van der Waals surface area contributed by atoms with Crippen molar-refractivity contribution in [3.8, 4) is 22.9 Å². The number of hydrogen-bond acceptors (Lipinski definition) is 7. The fourth-order valence-electron chi connectivity index (χ4n) is 4.48. The second-order valence-corrected chi connectivity index (χ2v) is 9.93. The van der Waals surface area contributed by atoms with Crippen molar-refractivity contribution in [3.63, 3.8) is 0 Å². The zero-order chi connectivity index (χ0) is 29.1. The van der Waals surface area contributed by atoms with Crippen LogP contribution in [0.2, 0.25) is 0 Å². The van der Waals surface area contributed by atoms with Crippen LogP contribution in [0.3, 0.4) is 0 Å². The molecule has 0 saturated carbocycles. The molecule has 10 heteroatoms. The Balaban J connectivity index is 1.39. The van der Waals surface area contributed by atoms with Gasteiger partial charge in [0.05, 0.1) is 42.9 Å². The summed E-state index contributed by atoms with van der Waals surface area (Å²) in [5.41, 5.74) is 1.26. The Bertz CT molecular complexity index is 1740. The molecule has 0 bridgehead atoms. The SMILES string of the molecule is COc1ccc2c(Oc3ccc(NC(=O)c4c(C)n(CC(O)C(C)C)n(-c5ccccc5)c4=O)nc3)ccnc2c1. The highest BCUT2D eigenvalue weighted by atomic mass is 16.5. The topological polar surface area (TPSA) is 120 Å². The Kier molecular flexibility index (Phi) is 7.84. The average molecular weight is 554 g/mol. The number of nitrogens with zero attached hydrogens (tertiary/aromatic N) is 4. The lowest BCUT2D eigenvalue weighted by atomic mass is 10.1. The lowest BCUT2D eigenvalue weighted by molar-refractivity contribution is 0.0987. The van der Waals surface area contributed by atoms with Gasteiger partial charge in [-0.3, -0.25) is 19.3 Å². The normalized spacial score (nSPS) is 12.0. The summed E-state index contributed by atoms with van der Waals surface area (Å²) in [5, 5.41) is 14.1. The molecule has 210 valence electrons. The molecule has 0 aliphatic heterocycles. The number of aliphatic hydroxyl groups excluding tert-OH is 1. The van der Waals surface area contributed by atoms with E-state index >= 15 is 0 Å². The van der Waals surface area contributed by atoms with Gasteiger partial charge in [0.25, 0.3) is 11.5 Å². The van der Waals surface area contributed by atoms with E-state index in [9.17, 15) is 14.7 Å². The average Bonchev–Trinajstić information content (AvgIpc) is 3.22. The number of aliphatic hydroxyl groups is 1. The zero-order valence-electron chi connectivity index (χ0n) is 23.2. The quantitative estimate of drug-likeness (QED) is 0.265. The molecule has 0 saturated heterocycles. The minimum Gasteiger partial charge on any atom is -0.497 e. The standard InChI is InChI=1S/C31H31N5O5/c1-19(2)26(37)18-35-20(3)29(31(39)36(35)21-8-6-5-7-9-21)30(38)34-28-13-11-23(17-33-28)41-27-14-15-32-25-16-22(40-4)10-12-24(25)27/h5-17,19,26,37H,18H2,1-4H3,(H,33,34,38). The van der Waals surface area contributed by atoms with Crippen molar-refractivity contribution in [1.29, 1.82) is 0 Å². The number of methoxy groups -OCH3 is 1. The van der Waals surface area contributed by atoms with Gasteiger partial charge in [-0.2, -0.15) is 0 Å². The first-order chi connectivity index (χ1) is 19.8. The molecule has 2 aromatic carbocycles. The van der Waals surface area contributed by atoms with E-state index in [1.165, 1.54) is 10.9 Å². The molecule has 2 N–H and O–H groups in total. The van der Waals surface area contributed by atoms with Crippen molar-refractivity contribution in [3.05, 3.63) is 101 Å². The van der Waals surface area contributed by atoms with Crippen molar-refractivity contribution in [1.82, 2.24) is 19.3 Å². The van der Waals surface area contributed by atoms with Crippen LogP contribution in [-0.2, 0) is 6.54 Å². The fourth-order valence-corrected chi connectivity index (χ4v) is 4.48. The highest BCUT2D eigenvalue weighted by Crippen LogP contribution is 2.30. The maximum absolute atomic E-state index is 13.5. The summed E-state index contributed by atoms with van der Waals surface area (Å²) >= 11 is 0. The third-order valence-electron chi connectivity index (χ3n) is 6.87. The molecule has 3 heterocycles. The number of aromatic nitrogens is 4. The minimum atomic E-state index is -0.708. The van der Waals surface area contributed by atoms with Gasteiger partial charge in [0.15, 0.2) is 0 Å². The lowest BCUT2D eigenvalue weighted by Crippen LogP contribution is -2.29. The van der Waals surface area contributed by atoms with E-state index in [2.05, 4.69) is 15.3 Å².